The van der Waals surface area contributed by atoms with Crippen LogP contribution < -0.4 is 29.6 Å². The maximum absolute atomic E-state index is 11.1. The van der Waals surface area contributed by atoms with Gasteiger partial charge in [-0.25, -0.2) is 0 Å². The van der Waals surface area contributed by atoms with E-state index >= 15 is 0 Å². The van der Waals surface area contributed by atoms with Gasteiger partial charge in [0.2, 0.25) is 0 Å². The van der Waals surface area contributed by atoms with Crippen molar-refractivity contribution in [3.8, 4) is 0 Å². The van der Waals surface area contributed by atoms with Gasteiger partial charge in [-0.15, -0.1) is 0 Å². The van der Waals surface area contributed by atoms with Crippen LogP contribution in [0.4, 0.5) is 0 Å². The number of unbranched alkanes of at least 4 members (excludes halogenated alkanes) is 12. The van der Waals surface area contributed by atoms with Crippen LogP contribution in [0.1, 0.15) is 98.2 Å². The minimum atomic E-state index is -3.25. The first kappa shape index (κ1) is 26.9. The summed E-state index contributed by atoms with van der Waals surface area (Å²) in [5.41, 5.74) is 0. The molecule has 0 saturated heterocycles. The van der Waals surface area contributed by atoms with Crippen molar-refractivity contribution in [2.75, 3.05) is 12.9 Å². The predicted molar refractivity (Wildman–Crippen MR) is 101 cm³/mol. The van der Waals surface area contributed by atoms with Gasteiger partial charge in [0.25, 0.3) is 10.1 Å². The molecule has 140 valence electrons. The Morgan fingerprint density at radius 1 is 0.750 bits per heavy atom. The van der Waals surface area contributed by atoms with Gasteiger partial charge in [-0.1, -0.05) is 76.9 Å². The molecule has 0 rings (SSSR count). The fraction of sp³-hybridized carbons (Fsp3) is 0.895. The zero-order valence-electron chi connectivity index (χ0n) is 17.4. The van der Waals surface area contributed by atoms with E-state index in [0.29, 0.717) is 6.42 Å². The molecule has 5 heteroatoms. The van der Waals surface area contributed by atoms with E-state index in [0.717, 1.165) is 12.8 Å². The second-order valence-corrected chi connectivity index (χ2v) is 8.22. The Bertz CT molecular complexity index is 373. The molecule has 0 atom stereocenters. The van der Waals surface area contributed by atoms with Gasteiger partial charge < -0.3 is 1.43 Å². The molecule has 0 amide bonds. The molecular weight excluding hydrogens is 331 g/mol. The van der Waals surface area contributed by atoms with Crippen molar-refractivity contribution in [2.45, 2.75) is 96.8 Å². The van der Waals surface area contributed by atoms with E-state index < -0.39 is 10.1 Å². The molecule has 0 aromatic carbocycles. The van der Waals surface area contributed by atoms with Gasteiger partial charge in [-0.3, -0.25) is 4.18 Å². The van der Waals surface area contributed by atoms with Gasteiger partial charge in [0.05, 0.1) is 12.9 Å². The second kappa shape index (κ2) is 20.0. The quantitative estimate of drug-likeness (QED) is 0.171. The smallest absolute Gasteiger partial charge is 1.00 e. The van der Waals surface area contributed by atoms with Gasteiger partial charge in [-0.2, -0.15) is 8.42 Å². The van der Waals surface area contributed by atoms with Gasteiger partial charge in [-0.05, 0) is 32.1 Å². The van der Waals surface area contributed by atoms with Gasteiger partial charge in [0.1, 0.15) is 0 Å². The third kappa shape index (κ3) is 20.7. The maximum atomic E-state index is 11.1. The molecule has 0 heterocycles. The van der Waals surface area contributed by atoms with E-state index in [-0.39, 0.29) is 36.7 Å². The minimum absolute atomic E-state index is 0. The normalized spacial score (nSPS) is 11.8. The Kier molecular flexibility index (Phi) is 22.4. The van der Waals surface area contributed by atoms with Crippen LogP contribution in [0.2, 0.25) is 0 Å². The van der Waals surface area contributed by atoms with Crippen LogP contribution >= 0.6 is 0 Å². The summed E-state index contributed by atoms with van der Waals surface area (Å²) < 4.78 is 26.7. The summed E-state index contributed by atoms with van der Waals surface area (Å²) in [4.78, 5) is 0. The molecule has 0 aromatic heterocycles. The molecule has 0 bridgehead atoms. The molecule has 0 radical (unpaired) electrons. The second-order valence-electron chi connectivity index (χ2n) is 6.37. The molecule has 0 unspecified atom stereocenters. The Morgan fingerprint density at radius 2 is 1.17 bits per heavy atom. The summed E-state index contributed by atoms with van der Waals surface area (Å²) >= 11 is 0. The van der Waals surface area contributed by atoms with E-state index in [1.807, 2.05) is 0 Å². The molecule has 0 saturated carbocycles. The molecule has 3 nitrogen and oxygen atoms in total. The van der Waals surface area contributed by atoms with Crippen LogP contribution in [0.25, 0.3) is 0 Å². The van der Waals surface area contributed by atoms with E-state index in [2.05, 4.69) is 23.3 Å². The summed E-state index contributed by atoms with van der Waals surface area (Å²) in [6.07, 6.45) is 21.9. The predicted octanol–water partition coefficient (Wildman–Crippen LogP) is 3.12. The van der Waals surface area contributed by atoms with Gasteiger partial charge in [0, 0.05) is 0 Å². The Balaban J connectivity index is -0.00000242. The van der Waals surface area contributed by atoms with Crippen molar-refractivity contribution in [2.24, 2.45) is 0 Å². The number of allylic oxidation sites excluding steroid dienone is 2. The standard InChI is InChI=1S/C19H38O3S.Na.H/c1-3-4-5-6-7-8-9-10-11-12-13-14-15-16-17-18-19-23(20,21)22-2;;/h10-11H,3-9,12-19H2,1-2H3;;/q;+1;-1/b11-10-;;. The molecular formula is C19H39NaO3S. The largest absolute Gasteiger partial charge is 1.00 e. The summed E-state index contributed by atoms with van der Waals surface area (Å²) in [5, 5.41) is 0. The first-order valence-corrected chi connectivity index (χ1v) is 11.1. The molecule has 0 aliphatic rings. The van der Waals surface area contributed by atoms with Crippen LogP contribution in [0.5, 0.6) is 0 Å². The maximum Gasteiger partial charge on any atom is 1.00 e. The Labute approximate surface area is 174 Å². The van der Waals surface area contributed by atoms with Crippen molar-refractivity contribution >= 4 is 10.1 Å². The topological polar surface area (TPSA) is 43.4 Å². The van der Waals surface area contributed by atoms with Crippen LogP contribution in [-0.4, -0.2) is 21.3 Å². The molecule has 24 heavy (non-hydrogen) atoms. The molecule has 0 fully saturated rings. The first-order chi connectivity index (χ1) is 11.1. The average molecular weight is 371 g/mol. The number of rotatable bonds is 17. The average Bonchev–Trinajstić information content (AvgIpc) is 2.54. The Morgan fingerprint density at radius 3 is 1.62 bits per heavy atom. The molecule has 0 aromatic rings. The van der Waals surface area contributed by atoms with Crippen LogP contribution in [0.15, 0.2) is 12.2 Å². The SMILES string of the molecule is CCCCCCCC/C=C\CCCCCCCCS(=O)(=O)OC.[H-].[Na+]. The minimum Gasteiger partial charge on any atom is -1.00 e. The van der Waals surface area contributed by atoms with Crippen molar-refractivity contribution in [3.05, 3.63) is 12.2 Å². The third-order valence-electron chi connectivity index (χ3n) is 4.16. The van der Waals surface area contributed by atoms with Gasteiger partial charge in [0.15, 0.2) is 0 Å². The zero-order valence-corrected chi connectivity index (χ0v) is 19.2. The first-order valence-electron chi connectivity index (χ1n) is 9.55. The number of hydrogen-bond acceptors (Lipinski definition) is 3. The zero-order chi connectivity index (χ0) is 17.2. The Hall–Kier alpha value is 0.650. The summed E-state index contributed by atoms with van der Waals surface area (Å²) in [6, 6.07) is 0. The molecule has 0 spiro atoms. The summed E-state index contributed by atoms with van der Waals surface area (Å²) in [6.45, 7) is 2.26. The van der Waals surface area contributed by atoms with Crippen molar-refractivity contribution in [1.29, 1.82) is 0 Å². The van der Waals surface area contributed by atoms with Crippen LogP contribution in [-0.2, 0) is 14.3 Å². The van der Waals surface area contributed by atoms with E-state index in [9.17, 15) is 8.42 Å². The monoisotopic (exact) mass is 370 g/mol. The molecule has 0 aliphatic heterocycles. The van der Waals surface area contributed by atoms with E-state index in [4.69, 9.17) is 0 Å². The fourth-order valence-corrected chi connectivity index (χ4v) is 3.33. The number of hydrogen-bond donors (Lipinski definition) is 0. The summed E-state index contributed by atoms with van der Waals surface area (Å²) in [7, 11) is -2.02. The molecule has 0 N–H and O–H groups in total. The summed E-state index contributed by atoms with van der Waals surface area (Å²) in [5.74, 6) is 0.157. The van der Waals surface area contributed by atoms with Crippen molar-refractivity contribution < 1.29 is 43.6 Å². The third-order valence-corrected chi connectivity index (χ3v) is 5.46. The fourth-order valence-electron chi connectivity index (χ4n) is 2.61. The van der Waals surface area contributed by atoms with E-state index in [1.54, 1.807) is 0 Å². The van der Waals surface area contributed by atoms with Gasteiger partial charge >= 0.3 is 29.6 Å². The van der Waals surface area contributed by atoms with Crippen molar-refractivity contribution in [1.82, 2.24) is 0 Å². The van der Waals surface area contributed by atoms with E-state index in [1.165, 1.54) is 77.7 Å². The van der Waals surface area contributed by atoms with Crippen molar-refractivity contribution in [3.63, 3.8) is 0 Å². The van der Waals surface area contributed by atoms with Crippen LogP contribution in [0.3, 0.4) is 0 Å². The van der Waals surface area contributed by atoms with Crippen LogP contribution in [0, 0.1) is 0 Å². The molecule has 0 aliphatic carbocycles.